The summed E-state index contributed by atoms with van der Waals surface area (Å²) in [5.74, 6) is -0.0665. The summed E-state index contributed by atoms with van der Waals surface area (Å²) in [7, 11) is 0. The summed E-state index contributed by atoms with van der Waals surface area (Å²) in [6.07, 6.45) is 0. The Hall–Kier alpha value is -1.84. The van der Waals surface area contributed by atoms with Gasteiger partial charge in [-0.2, -0.15) is 0 Å². The maximum absolute atomic E-state index is 11.4. The van der Waals surface area contributed by atoms with Gasteiger partial charge in [-0.1, -0.05) is 13.8 Å². The average molecular weight is 237 g/mol. The fraction of sp³-hybridized carbons (Fsp3) is 0.385. The number of rotatable bonds is 3. The van der Waals surface area contributed by atoms with Gasteiger partial charge < -0.3 is 10.1 Å². The monoisotopic (exact) mass is 237 g/mol. The van der Waals surface area contributed by atoms with Crippen molar-refractivity contribution in [2.75, 3.05) is 6.54 Å². The van der Waals surface area contributed by atoms with Crippen LogP contribution in [0.4, 0.5) is 0 Å². The molecule has 0 fully saturated rings. The summed E-state index contributed by atoms with van der Waals surface area (Å²) < 4.78 is 4.84. The fourth-order valence-corrected chi connectivity index (χ4v) is 1.10. The topological polar surface area (TPSA) is 55.4 Å². The minimum atomic E-state index is -0.374. The van der Waals surface area contributed by atoms with E-state index in [2.05, 4.69) is 5.32 Å². The highest BCUT2D eigenvalue weighted by molar-refractivity contribution is 5.94. The largest absolute Gasteiger partial charge is 0.427 e. The van der Waals surface area contributed by atoms with Gasteiger partial charge in [-0.3, -0.25) is 9.59 Å². The quantitative estimate of drug-likeness (QED) is 0.648. The summed E-state index contributed by atoms with van der Waals surface area (Å²) in [5, 5.41) is 2.68. The SMILES string of the molecule is CC.CCNC(=O)c1ccc(OC(C)=O)cc1. The summed E-state index contributed by atoms with van der Waals surface area (Å²) in [6.45, 7) is 7.77. The molecule has 0 unspecified atom stereocenters. The first-order valence-corrected chi connectivity index (χ1v) is 5.70. The minimum absolute atomic E-state index is 0.133. The van der Waals surface area contributed by atoms with Crippen LogP contribution in [0, 0.1) is 0 Å². The van der Waals surface area contributed by atoms with Crippen molar-refractivity contribution in [2.45, 2.75) is 27.7 Å². The van der Waals surface area contributed by atoms with E-state index < -0.39 is 0 Å². The average Bonchev–Trinajstić information content (AvgIpc) is 2.32. The normalized spacial score (nSPS) is 8.71. The summed E-state index contributed by atoms with van der Waals surface area (Å²) in [5.41, 5.74) is 0.549. The van der Waals surface area contributed by atoms with Crippen LogP contribution in [-0.4, -0.2) is 18.4 Å². The molecule has 0 spiro atoms. The molecule has 0 radical (unpaired) electrons. The molecular formula is C13H19NO3. The first-order valence-electron chi connectivity index (χ1n) is 5.70. The van der Waals surface area contributed by atoms with E-state index in [1.165, 1.54) is 6.92 Å². The Labute approximate surface area is 102 Å². The second-order valence-electron chi connectivity index (χ2n) is 2.98. The predicted molar refractivity (Wildman–Crippen MR) is 67.1 cm³/mol. The lowest BCUT2D eigenvalue weighted by Gasteiger charge is -2.03. The third-order valence-corrected chi connectivity index (χ3v) is 1.72. The van der Waals surface area contributed by atoms with Crippen molar-refractivity contribution >= 4 is 11.9 Å². The van der Waals surface area contributed by atoms with E-state index in [0.717, 1.165) is 0 Å². The molecule has 0 atom stereocenters. The van der Waals surface area contributed by atoms with Gasteiger partial charge in [0.25, 0.3) is 5.91 Å². The highest BCUT2D eigenvalue weighted by atomic mass is 16.5. The number of carbonyl (C=O) groups excluding carboxylic acids is 2. The van der Waals surface area contributed by atoms with Crippen molar-refractivity contribution in [1.82, 2.24) is 5.32 Å². The van der Waals surface area contributed by atoms with Gasteiger partial charge in [-0.25, -0.2) is 0 Å². The van der Waals surface area contributed by atoms with Crippen LogP contribution in [0.3, 0.4) is 0 Å². The molecule has 1 amide bonds. The van der Waals surface area contributed by atoms with Crippen LogP contribution in [0.15, 0.2) is 24.3 Å². The van der Waals surface area contributed by atoms with E-state index in [4.69, 9.17) is 4.74 Å². The molecule has 1 rings (SSSR count). The van der Waals surface area contributed by atoms with Gasteiger partial charge in [-0.15, -0.1) is 0 Å². The molecule has 0 saturated heterocycles. The third-order valence-electron chi connectivity index (χ3n) is 1.72. The van der Waals surface area contributed by atoms with Gasteiger partial charge in [0.2, 0.25) is 0 Å². The van der Waals surface area contributed by atoms with Crippen LogP contribution in [0.25, 0.3) is 0 Å². The molecule has 1 N–H and O–H groups in total. The molecular weight excluding hydrogens is 218 g/mol. The van der Waals surface area contributed by atoms with Crippen molar-refractivity contribution in [3.63, 3.8) is 0 Å². The molecule has 0 aromatic heterocycles. The van der Waals surface area contributed by atoms with Crippen molar-refractivity contribution in [2.24, 2.45) is 0 Å². The molecule has 4 heteroatoms. The van der Waals surface area contributed by atoms with Crippen molar-refractivity contribution in [3.8, 4) is 5.75 Å². The van der Waals surface area contributed by atoms with Gasteiger partial charge in [0, 0.05) is 19.0 Å². The lowest BCUT2D eigenvalue weighted by atomic mass is 10.2. The molecule has 0 bridgehead atoms. The summed E-state index contributed by atoms with van der Waals surface area (Å²) >= 11 is 0. The van der Waals surface area contributed by atoms with Gasteiger partial charge >= 0.3 is 5.97 Å². The lowest BCUT2D eigenvalue weighted by Crippen LogP contribution is -2.22. The van der Waals surface area contributed by atoms with E-state index in [1.54, 1.807) is 24.3 Å². The molecule has 17 heavy (non-hydrogen) atoms. The van der Waals surface area contributed by atoms with Gasteiger partial charge in [0.1, 0.15) is 5.75 Å². The van der Waals surface area contributed by atoms with Crippen molar-refractivity contribution in [3.05, 3.63) is 29.8 Å². The molecule has 94 valence electrons. The van der Waals surface area contributed by atoms with Crippen LogP contribution in [0.1, 0.15) is 38.1 Å². The first kappa shape index (κ1) is 15.2. The molecule has 0 aliphatic carbocycles. The first-order chi connectivity index (χ1) is 8.13. The Bertz CT molecular complexity index is 357. The molecule has 0 aliphatic heterocycles. The van der Waals surface area contributed by atoms with E-state index in [-0.39, 0.29) is 11.9 Å². The van der Waals surface area contributed by atoms with E-state index in [1.807, 2.05) is 20.8 Å². The maximum atomic E-state index is 11.4. The number of hydrogen-bond donors (Lipinski definition) is 1. The third kappa shape index (κ3) is 5.70. The van der Waals surface area contributed by atoms with Crippen LogP contribution in [0.2, 0.25) is 0 Å². The predicted octanol–water partition coefficient (Wildman–Crippen LogP) is 2.39. The summed E-state index contributed by atoms with van der Waals surface area (Å²) in [6, 6.07) is 6.41. The molecule has 0 aliphatic rings. The van der Waals surface area contributed by atoms with Gasteiger partial charge in [0.05, 0.1) is 0 Å². The van der Waals surface area contributed by atoms with E-state index in [0.29, 0.717) is 17.9 Å². The zero-order valence-corrected chi connectivity index (χ0v) is 10.7. The zero-order chi connectivity index (χ0) is 13.3. The van der Waals surface area contributed by atoms with Crippen LogP contribution >= 0.6 is 0 Å². The lowest BCUT2D eigenvalue weighted by molar-refractivity contribution is -0.131. The number of esters is 1. The Morgan fingerprint density at radius 2 is 1.71 bits per heavy atom. The molecule has 1 aromatic carbocycles. The molecule has 0 heterocycles. The summed E-state index contributed by atoms with van der Waals surface area (Å²) in [4.78, 5) is 22.0. The number of benzene rings is 1. The molecule has 0 saturated carbocycles. The Balaban J connectivity index is 0.00000121. The van der Waals surface area contributed by atoms with Gasteiger partial charge in [0.15, 0.2) is 0 Å². The highest BCUT2D eigenvalue weighted by Crippen LogP contribution is 2.12. The standard InChI is InChI=1S/C11H13NO3.C2H6/c1-3-12-11(14)9-4-6-10(7-5-9)15-8(2)13;1-2/h4-7H,3H2,1-2H3,(H,12,14);1-2H3. The number of carbonyl (C=O) groups is 2. The number of ether oxygens (including phenoxy) is 1. The van der Waals surface area contributed by atoms with Crippen LogP contribution < -0.4 is 10.1 Å². The highest BCUT2D eigenvalue weighted by Gasteiger charge is 2.04. The Kier molecular flexibility index (Phi) is 7.43. The van der Waals surface area contributed by atoms with Crippen LogP contribution in [0.5, 0.6) is 5.75 Å². The van der Waals surface area contributed by atoms with Gasteiger partial charge in [-0.05, 0) is 31.2 Å². The van der Waals surface area contributed by atoms with E-state index >= 15 is 0 Å². The number of amides is 1. The Morgan fingerprint density at radius 1 is 1.18 bits per heavy atom. The number of nitrogens with one attached hydrogen (secondary N) is 1. The zero-order valence-electron chi connectivity index (χ0n) is 10.7. The van der Waals surface area contributed by atoms with Crippen molar-refractivity contribution in [1.29, 1.82) is 0 Å². The minimum Gasteiger partial charge on any atom is -0.427 e. The Morgan fingerprint density at radius 3 is 2.12 bits per heavy atom. The smallest absolute Gasteiger partial charge is 0.308 e. The maximum Gasteiger partial charge on any atom is 0.308 e. The van der Waals surface area contributed by atoms with E-state index in [9.17, 15) is 9.59 Å². The number of hydrogen-bond acceptors (Lipinski definition) is 3. The molecule has 4 nitrogen and oxygen atoms in total. The van der Waals surface area contributed by atoms with Crippen molar-refractivity contribution < 1.29 is 14.3 Å². The molecule has 1 aromatic rings. The van der Waals surface area contributed by atoms with Crippen LogP contribution in [-0.2, 0) is 4.79 Å². The fourth-order valence-electron chi connectivity index (χ4n) is 1.10. The second kappa shape index (κ2) is 8.33. The second-order valence-corrected chi connectivity index (χ2v) is 2.98.